The third-order valence-corrected chi connectivity index (χ3v) is 6.57. The van der Waals surface area contributed by atoms with E-state index < -0.39 is 0 Å². The summed E-state index contributed by atoms with van der Waals surface area (Å²) in [4.78, 5) is 17.2. The Bertz CT molecular complexity index is 954. The Kier molecular flexibility index (Phi) is 3.94. The van der Waals surface area contributed by atoms with Crippen LogP contribution in [-0.2, 0) is 19.4 Å². The van der Waals surface area contributed by atoms with Gasteiger partial charge in [0.05, 0.1) is 17.6 Å². The Morgan fingerprint density at radius 2 is 1.96 bits per heavy atom. The Hall–Kier alpha value is -1.99. The minimum absolute atomic E-state index is 0.834. The van der Waals surface area contributed by atoms with Crippen LogP contribution in [0.1, 0.15) is 34.1 Å². The molecule has 1 saturated heterocycles. The van der Waals surface area contributed by atoms with E-state index >= 15 is 0 Å². The van der Waals surface area contributed by atoms with E-state index in [0.29, 0.717) is 0 Å². The predicted molar refractivity (Wildman–Crippen MR) is 103 cm³/mol. The molecule has 3 aromatic heterocycles. The average molecular weight is 369 g/mol. The zero-order chi connectivity index (χ0) is 17.7. The quantitative estimate of drug-likeness (QED) is 0.707. The fourth-order valence-corrected chi connectivity index (χ4v) is 5.44. The maximum atomic E-state index is 5.37. The number of fused-ring (bicyclic) bond motifs is 3. The Morgan fingerprint density at radius 1 is 1.12 bits per heavy atom. The maximum absolute atomic E-state index is 5.37. The number of piperazine rings is 1. The van der Waals surface area contributed by atoms with Gasteiger partial charge in [-0.25, -0.2) is 9.97 Å². The first-order chi connectivity index (χ1) is 12.7. The summed E-state index contributed by atoms with van der Waals surface area (Å²) in [6.45, 7) is 8.81. The smallest absolute Gasteiger partial charge is 0.150 e. The van der Waals surface area contributed by atoms with Crippen molar-refractivity contribution in [2.75, 3.05) is 31.1 Å². The second-order valence-electron chi connectivity index (χ2n) is 7.33. The summed E-state index contributed by atoms with van der Waals surface area (Å²) in [7, 11) is 0. The van der Waals surface area contributed by atoms with E-state index in [1.165, 1.54) is 39.9 Å². The lowest BCUT2D eigenvalue weighted by molar-refractivity contribution is 0.219. The van der Waals surface area contributed by atoms with Crippen molar-refractivity contribution in [3.8, 4) is 0 Å². The molecule has 0 unspecified atom stereocenters. The van der Waals surface area contributed by atoms with E-state index in [1.807, 2.05) is 31.3 Å². The minimum Gasteiger partial charge on any atom is -0.360 e. The van der Waals surface area contributed by atoms with Gasteiger partial charge in [0.15, 0.2) is 5.76 Å². The summed E-state index contributed by atoms with van der Waals surface area (Å²) >= 11 is 1.88. The van der Waals surface area contributed by atoms with Crippen molar-refractivity contribution >= 4 is 27.4 Å². The van der Waals surface area contributed by atoms with Crippen LogP contribution in [0, 0.1) is 13.8 Å². The summed E-state index contributed by atoms with van der Waals surface area (Å²) < 4.78 is 5.37. The van der Waals surface area contributed by atoms with Crippen LogP contribution in [-0.4, -0.2) is 46.2 Å². The Labute approximate surface area is 156 Å². The van der Waals surface area contributed by atoms with Crippen LogP contribution in [0.3, 0.4) is 0 Å². The molecule has 5 rings (SSSR count). The molecule has 0 amide bonds. The van der Waals surface area contributed by atoms with Crippen molar-refractivity contribution < 1.29 is 4.52 Å². The number of hydrogen-bond acceptors (Lipinski definition) is 7. The monoisotopic (exact) mass is 369 g/mol. The summed E-state index contributed by atoms with van der Waals surface area (Å²) in [5, 5.41) is 5.31. The van der Waals surface area contributed by atoms with Crippen molar-refractivity contribution in [3.63, 3.8) is 0 Å². The highest BCUT2D eigenvalue weighted by Gasteiger charge is 2.26. The zero-order valence-electron chi connectivity index (χ0n) is 15.3. The number of thiophene rings is 1. The molecule has 7 heteroatoms. The fraction of sp³-hybridized carbons (Fsp3) is 0.526. The van der Waals surface area contributed by atoms with Crippen molar-refractivity contribution in [2.24, 2.45) is 0 Å². The van der Waals surface area contributed by atoms with Crippen LogP contribution in [0.5, 0.6) is 0 Å². The van der Waals surface area contributed by atoms with Gasteiger partial charge in [0.25, 0.3) is 0 Å². The van der Waals surface area contributed by atoms with Gasteiger partial charge in [-0.2, -0.15) is 0 Å². The molecule has 0 saturated carbocycles. The highest BCUT2D eigenvalue weighted by molar-refractivity contribution is 7.19. The van der Waals surface area contributed by atoms with Crippen LogP contribution in [0.4, 0.5) is 5.82 Å². The zero-order valence-corrected chi connectivity index (χ0v) is 16.1. The van der Waals surface area contributed by atoms with E-state index in [0.717, 1.165) is 55.8 Å². The Balaban J connectivity index is 1.38. The third kappa shape index (κ3) is 2.79. The standard InChI is InChI=1S/C19H23N5OS/c1-12-10-14(25-22-12)11-23-6-8-24(9-7-23)18-17-15-4-3-5-16(15)26-19(17)21-13(2)20-18/h10H,3-9,11H2,1-2H3. The third-order valence-electron chi connectivity index (χ3n) is 5.39. The lowest BCUT2D eigenvalue weighted by atomic mass is 10.1. The summed E-state index contributed by atoms with van der Waals surface area (Å²) in [5.41, 5.74) is 2.46. The highest BCUT2D eigenvalue weighted by atomic mass is 32.1. The van der Waals surface area contributed by atoms with Gasteiger partial charge in [-0.3, -0.25) is 4.90 Å². The van der Waals surface area contributed by atoms with Crippen molar-refractivity contribution in [1.29, 1.82) is 0 Å². The molecule has 6 nitrogen and oxygen atoms in total. The number of anilines is 1. The van der Waals surface area contributed by atoms with Gasteiger partial charge in [0.2, 0.25) is 0 Å². The van der Waals surface area contributed by atoms with Crippen LogP contribution >= 0.6 is 11.3 Å². The topological polar surface area (TPSA) is 58.3 Å². The number of aryl methyl sites for hydroxylation is 4. The lowest BCUT2D eigenvalue weighted by Gasteiger charge is -2.35. The van der Waals surface area contributed by atoms with E-state index in [1.54, 1.807) is 0 Å². The molecule has 0 aromatic carbocycles. The molecular formula is C19H23N5OS. The molecule has 0 atom stereocenters. The molecule has 4 heterocycles. The molecular weight excluding hydrogens is 346 g/mol. The summed E-state index contributed by atoms with van der Waals surface area (Å²) in [5.74, 6) is 2.99. The second-order valence-corrected chi connectivity index (χ2v) is 8.41. The van der Waals surface area contributed by atoms with Crippen LogP contribution in [0.25, 0.3) is 10.2 Å². The summed E-state index contributed by atoms with van der Waals surface area (Å²) in [6, 6.07) is 2.03. The van der Waals surface area contributed by atoms with Gasteiger partial charge >= 0.3 is 0 Å². The second kappa shape index (κ2) is 6.32. The predicted octanol–water partition coefficient (Wildman–Crippen LogP) is 3.11. The molecule has 0 radical (unpaired) electrons. The van der Waals surface area contributed by atoms with Crippen LogP contribution < -0.4 is 4.90 Å². The fourth-order valence-electron chi connectivity index (χ4n) is 4.14. The Morgan fingerprint density at radius 3 is 2.73 bits per heavy atom. The van der Waals surface area contributed by atoms with E-state index in [-0.39, 0.29) is 0 Å². The molecule has 2 aliphatic rings. The van der Waals surface area contributed by atoms with Crippen molar-refractivity contribution in [2.45, 2.75) is 39.7 Å². The normalized spacial score (nSPS) is 18.0. The number of nitrogens with zero attached hydrogens (tertiary/aromatic N) is 5. The van der Waals surface area contributed by atoms with E-state index in [4.69, 9.17) is 14.5 Å². The first-order valence-electron chi connectivity index (χ1n) is 9.36. The van der Waals surface area contributed by atoms with Crippen molar-refractivity contribution in [3.05, 3.63) is 33.8 Å². The summed E-state index contributed by atoms with van der Waals surface area (Å²) in [6.07, 6.45) is 3.66. The average Bonchev–Trinajstić information content (AvgIpc) is 3.31. The van der Waals surface area contributed by atoms with Crippen LogP contribution in [0.2, 0.25) is 0 Å². The van der Waals surface area contributed by atoms with E-state index in [2.05, 4.69) is 15.0 Å². The van der Waals surface area contributed by atoms with Gasteiger partial charge in [0, 0.05) is 37.1 Å². The van der Waals surface area contributed by atoms with Crippen LogP contribution in [0.15, 0.2) is 10.6 Å². The van der Waals surface area contributed by atoms with Gasteiger partial charge in [0.1, 0.15) is 16.5 Å². The molecule has 1 fully saturated rings. The largest absolute Gasteiger partial charge is 0.360 e. The first-order valence-corrected chi connectivity index (χ1v) is 10.2. The minimum atomic E-state index is 0.834. The lowest BCUT2D eigenvalue weighted by Crippen LogP contribution is -2.46. The first kappa shape index (κ1) is 16.2. The SMILES string of the molecule is Cc1cc(CN2CCN(c3nc(C)nc4sc5c(c34)CCC5)CC2)on1. The van der Waals surface area contributed by atoms with Gasteiger partial charge in [-0.15, -0.1) is 11.3 Å². The molecule has 1 aliphatic heterocycles. The van der Waals surface area contributed by atoms with E-state index in [9.17, 15) is 0 Å². The molecule has 3 aromatic rings. The number of rotatable bonds is 3. The molecule has 1 aliphatic carbocycles. The highest BCUT2D eigenvalue weighted by Crippen LogP contribution is 2.40. The molecule has 0 spiro atoms. The van der Waals surface area contributed by atoms with Gasteiger partial charge < -0.3 is 9.42 Å². The van der Waals surface area contributed by atoms with Crippen molar-refractivity contribution in [1.82, 2.24) is 20.0 Å². The molecule has 136 valence electrons. The number of aromatic nitrogens is 3. The van der Waals surface area contributed by atoms with Gasteiger partial charge in [-0.05, 0) is 38.7 Å². The van der Waals surface area contributed by atoms with Gasteiger partial charge in [-0.1, -0.05) is 5.16 Å². The molecule has 0 bridgehead atoms. The number of hydrogen-bond donors (Lipinski definition) is 0. The molecule has 26 heavy (non-hydrogen) atoms. The molecule has 0 N–H and O–H groups in total. The maximum Gasteiger partial charge on any atom is 0.150 e.